The quantitative estimate of drug-likeness (QED) is 0.528. The van der Waals surface area contributed by atoms with Crippen molar-refractivity contribution in [2.45, 2.75) is 4.90 Å². The van der Waals surface area contributed by atoms with Gasteiger partial charge in [-0.1, -0.05) is 12.1 Å². The van der Waals surface area contributed by atoms with Gasteiger partial charge in [-0.15, -0.1) is 0 Å². The zero-order chi connectivity index (χ0) is 14.8. The molecule has 0 fully saturated rings. The lowest BCUT2D eigenvalue weighted by molar-refractivity contribution is -0.384. The SMILES string of the molecule is O=[N+]([O-])c1ccc(Oc2ccccc2S(=O)(=O)O)cc1. The summed E-state index contributed by atoms with van der Waals surface area (Å²) in [7, 11) is -4.41. The molecule has 8 heteroatoms. The van der Waals surface area contributed by atoms with Crippen molar-refractivity contribution in [3.8, 4) is 11.5 Å². The molecule has 104 valence electrons. The predicted octanol–water partition coefficient (Wildman–Crippen LogP) is 2.63. The first-order valence-corrected chi connectivity index (χ1v) is 6.81. The van der Waals surface area contributed by atoms with Gasteiger partial charge < -0.3 is 4.74 Å². The topological polar surface area (TPSA) is 107 Å². The molecule has 0 aliphatic heterocycles. The number of nitro groups is 1. The Balaban J connectivity index is 2.33. The zero-order valence-corrected chi connectivity index (χ0v) is 10.8. The fraction of sp³-hybridized carbons (Fsp3) is 0. The summed E-state index contributed by atoms with van der Waals surface area (Å²) in [5.74, 6) is 0.149. The molecule has 2 rings (SSSR count). The van der Waals surface area contributed by atoms with Crippen LogP contribution in [0, 0.1) is 10.1 Å². The number of hydrogen-bond acceptors (Lipinski definition) is 5. The van der Waals surface area contributed by atoms with Gasteiger partial charge in [0.15, 0.2) is 0 Å². The summed E-state index contributed by atoms with van der Waals surface area (Å²) in [4.78, 5) is 9.57. The molecule has 1 N–H and O–H groups in total. The van der Waals surface area contributed by atoms with E-state index in [-0.39, 0.29) is 22.1 Å². The van der Waals surface area contributed by atoms with Crippen molar-refractivity contribution in [2.24, 2.45) is 0 Å². The molecule has 0 amide bonds. The summed E-state index contributed by atoms with van der Waals surface area (Å²) < 4.78 is 36.7. The predicted molar refractivity (Wildman–Crippen MR) is 69.4 cm³/mol. The van der Waals surface area contributed by atoms with E-state index in [1.165, 1.54) is 48.5 Å². The molecule has 0 atom stereocenters. The highest BCUT2D eigenvalue weighted by Crippen LogP contribution is 2.29. The molecule has 0 saturated heterocycles. The van der Waals surface area contributed by atoms with Gasteiger partial charge in [-0.2, -0.15) is 8.42 Å². The lowest BCUT2D eigenvalue weighted by atomic mass is 10.3. The third kappa shape index (κ3) is 3.11. The normalized spacial score (nSPS) is 11.1. The van der Waals surface area contributed by atoms with Crippen molar-refractivity contribution < 1.29 is 22.6 Å². The molecule has 0 radical (unpaired) electrons. The Labute approximate surface area is 114 Å². The summed E-state index contributed by atoms with van der Waals surface area (Å²) >= 11 is 0. The van der Waals surface area contributed by atoms with Crippen molar-refractivity contribution in [2.75, 3.05) is 0 Å². The molecule has 0 saturated carbocycles. The number of ether oxygens (including phenoxy) is 1. The van der Waals surface area contributed by atoms with E-state index in [4.69, 9.17) is 9.29 Å². The van der Waals surface area contributed by atoms with Crippen LogP contribution in [0.4, 0.5) is 5.69 Å². The molecule has 0 bridgehead atoms. The molecule has 0 unspecified atom stereocenters. The van der Waals surface area contributed by atoms with Crippen LogP contribution in [0.25, 0.3) is 0 Å². The van der Waals surface area contributed by atoms with E-state index in [0.29, 0.717) is 0 Å². The van der Waals surface area contributed by atoms with Crippen LogP contribution in [0.15, 0.2) is 53.4 Å². The molecule has 0 heterocycles. The smallest absolute Gasteiger partial charge is 0.298 e. The Morgan fingerprint density at radius 1 is 1.05 bits per heavy atom. The van der Waals surface area contributed by atoms with E-state index in [1.54, 1.807) is 0 Å². The molecular weight excluding hydrogens is 286 g/mol. The fourth-order valence-corrected chi connectivity index (χ4v) is 2.12. The number of rotatable bonds is 4. The molecule has 20 heavy (non-hydrogen) atoms. The van der Waals surface area contributed by atoms with Crippen LogP contribution >= 0.6 is 0 Å². The Morgan fingerprint density at radius 3 is 2.20 bits per heavy atom. The fourth-order valence-electron chi connectivity index (χ4n) is 1.51. The lowest BCUT2D eigenvalue weighted by Gasteiger charge is -2.08. The second-order valence-corrected chi connectivity index (χ2v) is 5.16. The molecular formula is C12H9NO6S. The van der Waals surface area contributed by atoms with E-state index in [2.05, 4.69) is 0 Å². The van der Waals surface area contributed by atoms with Crippen LogP contribution in [0.1, 0.15) is 0 Å². The average Bonchev–Trinajstić information content (AvgIpc) is 2.38. The highest BCUT2D eigenvalue weighted by Gasteiger charge is 2.16. The molecule has 2 aromatic carbocycles. The monoisotopic (exact) mass is 295 g/mol. The maximum Gasteiger partial charge on any atom is 0.298 e. The minimum Gasteiger partial charge on any atom is -0.456 e. The van der Waals surface area contributed by atoms with Gasteiger partial charge in [0.05, 0.1) is 4.92 Å². The minimum absolute atomic E-state index is 0.0659. The van der Waals surface area contributed by atoms with Gasteiger partial charge in [-0.05, 0) is 24.3 Å². The van der Waals surface area contributed by atoms with Crippen LogP contribution in [0.5, 0.6) is 11.5 Å². The maximum absolute atomic E-state index is 11.2. The minimum atomic E-state index is -4.41. The van der Waals surface area contributed by atoms with Crippen molar-refractivity contribution >= 4 is 15.8 Å². The summed E-state index contributed by atoms with van der Waals surface area (Å²) in [6.07, 6.45) is 0. The maximum atomic E-state index is 11.2. The average molecular weight is 295 g/mol. The molecule has 2 aromatic rings. The summed E-state index contributed by atoms with van der Waals surface area (Å²) in [5.41, 5.74) is -0.111. The lowest BCUT2D eigenvalue weighted by Crippen LogP contribution is -2.00. The first-order valence-electron chi connectivity index (χ1n) is 5.37. The molecule has 0 aromatic heterocycles. The second kappa shape index (κ2) is 5.27. The van der Waals surface area contributed by atoms with Gasteiger partial charge in [0, 0.05) is 12.1 Å². The van der Waals surface area contributed by atoms with E-state index in [1.807, 2.05) is 0 Å². The van der Waals surface area contributed by atoms with E-state index in [9.17, 15) is 18.5 Å². The van der Waals surface area contributed by atoms with E-state index >= 15 is 0 Å². The van der Waals surface area contributed by atoms with Crippen molar-refractivity contribution in [1.29, 1.82) is 0 Å². The van der Waals surface area contributed by atoms with Crippen LogP contribution < -0.4 is 4.74 Å². The largest absolute Gasteiger partial charge is 0.456 e. The van der Waals surface area contributed by atoms with Crippen LogP contribution in [0.2, 0.25) is 0 Å². The van der Waals surface area contributed by atoms with Crippen molar-refractivity contribution in [1.82, 2.24) is 0 Å². The second-order valence-electron chi connectivity index (χ2n) is 3.77. The summed E-state index contributed by atoms with van der Waals surface area (Å²) in [6, 6.07) is 10.6. The Kier molecular flexibility index (Phi) is 3.68. The first-order chi connectivity index (χ1) is 9.38. The number of nitrogens with zero attached hydrogens (tertiary/aromatic N) is 1. The van der Waals surface area contributed by atoms with E-state index in [0.717, 1.165) is 0 Å². The van der Waals surface area contributed by atoms with Crippen LogP contribution in [-0.4, -0.2) is 17.9 Å². The van der Waals surface area contributed by atoms with Crippen molar-refractivity contribution in [3.63, 3.8) is 0 Å². The Hall–Kier alpha value is -2.45. The zero-order valence-electron chi connectivity index (χ0n) is 9.96. The van der Waals surface area contributed by atoms with E-state index < -0.39 is 15.0 Å². The van der Waals surface area contributed by atoms with Gasteiger partial charge in [-0.3, -0.25) is 14.7 Å². The van der Waals surface area contributed by atoms with Gasteiger partial charge >= 0.3 is 0 Å². The Bertz CT molecular complexity index is 739. The molecule has 0 aliphatic carbocycles. The third-order valence-corrected chi connectivity index (χ3v) is 3.30. The number of benzene rings is 2. The number of non-ortho nitro benzene ring substituents is 1. The summed E-state index contributed by atoms with van der Waals surface area (Å²) in [5, 5.41) is 10.5. The Morgan fingerprint density at radius 2 is 1.65 bits per heavy atom. The number of hydrogen-bond donors (Lipinski definition) is 1. The van der Waals surface area contributed by atoms with Gasteiger partial charge in [0.25, 0.3) is 15.8 Å². The van der Waals surface area contributed by atoms with Gasteiger partial charge in [-0.25, -0.2) is 0 Å². The highest BCUT2D eigenvalue weighted by atomic mass is 32.2. The van der Waals surface area contributed by atoms with Crippen LogP contribution in [-0.2, 0) is 10.1 Å². The van der Waals surface area contributed by atoms with Crippen LogP contribution in [0.3, 0.4) is 0 Å². The standard InChI is InChI=1S/C12H9NO6S/c14-13(15)9-5-7-10(8-6-9)19-11-3-1-2-4-12(11)20(16,17)18/h1-8H,(H,16,17,18). The van der Waals surface area contributed by atoms with Gasteiger partial charge in [0.1, 0.15) is 16.4 Å². The van der Waals surface area contributed by atoms with Gasteiger partial charge in [0.2, 0.25) is 0 Å². The highest BCUT2D eigenvalue weighted by molar-refractivity contribution is 7.86. The molecule has 7 nitrogen and oxygen atoms in total. The summed E-state index contributed by atoms with van der Waals surface area (Å²) in [6.45, 7) is 0. The number of para-hydroxylation sites is 1. The molecule has 0 spiro atoms. The molecule has 0 aliphatic rings. The number of nitro benzene ring substituents is 1. The first kappa shape index (κ1) is 14.0. The van der Waals surface area contributed by atoms with Crippen molar-refractivity contribution in [3.05, 3.63) is 58.6 Å². The third-order valence-electron chi connectivity index (χ3n) is 2.40.